The maximum atomic E-state index is 12.3. The molecular weight excluding hydrogens is 412 g/mol. The smallest absolute Gasteiger partial charge is 0.251 e. The molecule has 2 aromatic rings. The molecule has 2 N–H and O–H groups in total. The number of ketones is 1. The number of nitrogens with one attached hydrogen (secondary N) is 2. The number of Topliss-reactive ketones (excluding diaryl/α,β-unsaturated/α-hetero) is 1. The van der Waals surface area contributed by atoms with Gasteiger partial charge in [0.1, 0.15) is 5.78 Å². The lowest BCUT2D eigenvalue weighted by Crippen LogP contribution is -2.32. The summed E-state index contributed by atoms with van der Waals surface area (Å²) in [6, 6.07) is 16.2. The van der Waals surface area contributed by atoms with Crippen LogP contribution in [0.15, 0.2) is 48.5 Å². The second-order valence-electron chi connectivity index (χ2n) is 9.11. The van der Waals surface area contributed by atoms with Crippen LogP contribution in [0, 0.1) is 5.92 Å². The standard InChI is InChI=1S/C28H38N2O3/c1-21(2)8-6-4-5-7-9-23-10-12-24(13-11-23)25-14-16-26(17-15-25)28(33)29-19-18-27(32)30-20-22(3)31/h10-17,21H,4-9,18-20H2,1-3H3,(H,29,33)(H,30,32). The molecule has 0 aromatic heterocycles. The number of hydrogen-bond donors (Lipinski definition) is 2. The average molecular weight is 451 g/mol. The highest BCUT2D eigenvalue weighted by atomic mass is 16.2. The zero-order chi connectivity index (χ0) is 24.1. The van der Waals surface area contributed by atoms with Crippen molar-refractivity contribution in [3.8, 4) is 11.1 Å². The lowest BCUT2D eigenvalue weighted by Gasteiger charge is -2.08. The molecule has 5 heteroatoms. The van der Waals surface area contributed by atoms with Crippen LogP contribution in [-0.4, -0.2) is 30.7 Å². The summed E-state index contributed by atoms with van der Waals surface area (Å²) in [5, 5.41) is 5.25. The van der Waals surface area contributed by atoms with E-state index >= 15 is 0 Å². The van der Waals surface area contributed by atoms with Crippen molar-refractivity contribution < 1.29 is 14.4 Å². The van der Waals surface area contributed by atoms with E-state index in [1.807, 2.05) is 12.1 Å². The fourth-order valence-electron chi connectivity index (χ4n) is 3.62. The summed E-state index contributed by atoms with van der Waals surface area (Å²) >= 11 is 0. The van der Waals surface area contributed by atoms with Gasteiger partial charge in [-0.25, -0.2) is 0 Å². The zero-order valence-electron chi connectivity index (χ0n) is 20.3. The normalized spacial score (nSPS) is 10.8. The van der Waals surface area contributed by atoms with E-state index in [0.717, 1.165) is 23.5 Å². The molecule has 0 fully saturated rings. The summed E-state index contributed by atoms with van der Waals surface area (Å²) in [7, 11) is 0. The molecule has 0 heterocycles. The minimum Gasteiger partial charge on any atom is -0.352 e. The minimum atomic E-state index is -0.254. The van der Waals surface area contributed by atoms with Crippen LogP contribution in [0.1, 0.15) is 75.2 Å². The molecule has 0 radical (unpaired) electrons. The largest absolute Gasteiger partial charge is 0.352 e. The molecule has 178 valence electrons. The molecule has 33 heavy (non-hydrogen) atoms. The van der Waals surface area contributed by atoms with Crippen LogP contribution in [0.5, 0.6) is 0 Å². The van der Waals surface area contributed by atoms with Crippen LogP contribution in [0.2, 0.25) is 0 Å². The number of unbranched alkanes of at least 4 members (excludes halogenated alkanes) is 3. The van der Waals surface area contributed by atoms with Gasteiger partial charge in [-0.1, -0.05) is 75.9 Å². The first-order valence-corrected chi connectivity index (χ1v) is 12.1. The molecule has 0 aliphatic heterocycles. The first-order chi connectivity index (χ1) is 15.8. The second-order valence-corrected chi connectivity index (χ2v) is 9.11. The van der Waals surface area contributed by atoms with Gasteiger partial charge in [-0.3, -0.25) is 14.4 Å². The highest BCUT2D eigenvalue weighted by molar-refractivity contribution is 5.95. The monoisotopic (exact) mass is 450 g/mol. The summed E-state index contributed by atoms with van der Waals surface area (Å²) in [5.41, 5.74) is 4.11. The maximum Gasteiger partial charge on any atom is 0.251 e. The van der Waals surface area contributed by atoms with Gasteiger partial charge in [0.2, 0.25) is 5.91 Å². The Balaban J connectivity index is 1.75. The SMILES string of the molecule is CC(=O)CNC(=O)CCNC(=O)c1ccc(-c2ccc(CCCCCCC(C)C)cc2)cc1. The maximum absolute atomic E-state index is 12.3. The van der Waals surface area contributed by atoms with E-state index in [4.69, 9.17) is 0 Å². The van der Waals surface area contributed by atoms with Crippen LogP contribution in [0.4, 0.5) is 0 Å². The quantitative estimate of drug-likeness (QED) is 0.382. The number of aryl methyl sites for hydroxylation is 1. The van der Waals surface area contributed by atoms with Gasteiger partial charge in [0.05, 0.1) is 6.54 Å². The Labute approximate surface area is 198 Å². The summed E-state index contributed by atoms with van der Waals surface area (Å²) in [6.07, 6.45) is 7.77. The van der Waals surface area contributed by atoms with Crippen LogP contribution in [0.3, 0.4) is 0 Å². The second kappa shape index (κ2) is 14.2. The third kappa shape index (κ3) is 10.5. The van der Waals surface area contributed by atoms with Gasteiger partial charge in [0, 0.05) is 18.5 Å². The Bertz CT molecular complexity index is 886. The molecule has 0 bridgehead atoms. The van der Waals surface area contributed by atoms with E-state index in [1.165, 1.54) is 44.6 Å². The van der Waals surface area contributed by atoms with Crippen LogP contribution >= 0.6 is 0 Å². The molecule has 5 nitrogen and oxygen atoms in total. The highest BCUT2D eigenvalue weighted by Gasteiger charge is 2.08. The van der Waals surface area contributed by atoms with Gasteiger partial charge >= 0.3 is 0 Å². The van der Waals surface area contributed by atoms with Gasteiger partial charge in [0.25, 0.3) is 5.91 Å². The minimum absolute atomic E-state index is 0.0215. The van der Waals surface area contributed by atoms with Gasteiger partial charge in [-0.15, -0.1) is 0 Å². The number of benzene rings is 2. The first-order valence-electron chi connectivity index (χ1n) is 12.1. The van der Waals surface area contributed by atoms with Crippen molar-refractivity contribution in [3.63, 3.8) is 0 Å². The Morgan fingerprint density at radius 3 is 2.00 bits per heavy atom. The highest BCUT2D eigenvalue weighted by Crippen LogP contribution is 2.21. The first kappa shape index (κ1) is 26.3. The van der Waals surface area contributed by atoms with Gasteiger partial charge in [-0.2, -0.15) is 0 Å². The predicted octanol–water partition coefficient (Wildman–Crippen LogP) is 5.33. The molecule has 0 saturated heterocycles. The Kier molecular flexibility index (Phi) is 11.4. The summed E-state index contributed by atoms with van der Waals surface area (Å²) in [4.78, 5) is 34.8. The molecular formula is C28H38N2O3. The van der Waals surface area contributed by atoms with Crippen molar-refractivity contribution >= 4 is 17.6 Å². The van der Waals surface area contributed by atoms with Crippen molar-refractivity contribution in [2.75, 3.05) is 13.1 Å². The molecule has 0 saturated carbocycles. The van der Waals surface area contributed by atoms with Gasteiger partial charge < -0.3 is 10.6 Å². The van der Waals surface area contributed by atoms with Crippen molar-refractivity contribution in [1.82, 2.24) is 10.6 Å². The van der Waals surface area contributed by atoms with E-state index < -0.39 is 0 Å². The van der Waals surface area contributed by atoms with Gasteiger partial charge in [0.15, 0.2) is 0 Å². The number of amides is 2. The van der Waals surface area contributed by atoms with E-state index in [9.17, 15) is 14.4 Å². The Hall–Kier alpha value is -2.95. The van der Waals surface area contributed by atoms with Crippen LogP contribution in [-0.2, 0) is 16.0 Å². The van der Waals surface area contributed by atoms with Crippen molar-refractivity contribution in [2.45, 2.75) is 65.7 Å². The summed E-state index contributed by atoms with van der Waals surface area (Å²) < 4.78 is 0. The molecule has 0 aliphatic carbocycles. The van der Waals surface area contributed by atoms with E-state index in [1.54, 1.807) is 12.1 Å². The van der Waals surface area contributed by atoms with Crippen molar-refractivity contribution in [1.29, 1.82) is 0 Å². The average Bonchev–Trinajstić information content (AvgIpc) is 2.80. The Morgan fingerprint density at radius 1 is 0.788 bits per heavy atom. The van der Waals surface area contributed by atoms with Crippen molar-refractivity contribution in [3.05, 3.63) is 59.7 Å². The topological polar surface area (TPSA) is 75.3 Å². The van der Waals surface area contributed by atoms with Crippen molar-refractivity contribution in [2.24, 2.45) is 5.92 Å². The molecule has 0 unspecified atom stereocenters. The molecule has 2 amide bonds. The summed E-state index contributed by atoms with van der Waals surface area (Å²) in [6.45, 7) is 6.23. The number of rotatable bonds is 14. The molecule has 2 aromatic carbocycles. The Morgan fingerprint density at radius 2 is 1.39 bits per heavy atom. The number of carbonyl (C=O) groups is 3. The van der Waals surface area contributed by atoms with E-state index in [2.05, 4.69) is 48.7 Å². The molecule has 0 atom stereocenters. The van der Waals surface area contributed by atoms with Crippen LogP contribution < -0.4 is 10.6 Å². The lowest BCUT2D eigenvalue weighted by atomic mass is 9.99. The van der Waals surface area contributed by atoms with E-state index in [0.29, 0.717) is 5.56 Å². The number of hydrogen-bond acceptors (Lipinski definition) is 3. The lowest BCUT2D eigenvalue weighted by molar-refractivity contribution is -0.124. The third-order valence-corrected chi connectivity index (χ3v) is 5.60. The van der Waals surface area contributed by atoms with Crippen LogP contribution in [0.25, 0.3) is 11.1 Å². The predicted molar refractivity (Wildman–Crippen MR) is 134 cm³/mol. The summed E-state index contributed by atoms with van der Waals surface area (Å²) in [5.74, 6) is 0.230. The number of carbonyl (C=O) groups excluding carboxylic acids is 3. The molecule has 0 aliphatic rings. The fourth-order valence-corrected chi connectivity index (χ4v) is 3.62. The molecule has 0 spiro atoms. The van der Waals surface area contributed by atoms with E-state index in [-0.39, 0.29) is 37.1 Å². The third-order valence-electron chi connectivity index (χ3n) is 5.60. The zero-order valence-corrected chi connectivity index (χ0v) is 20.3. The molecule has 2 rings (SSSR count). The van der Waals surface area contributed by atoms with Gasteiger partial charge in [-0.05, 0) is 54.5 Å². The fraction of sp³-hybridized carbons (Fsp3) is 0.464.